The molecule has 0 bridgehead atoms. The van der Waals surface area contributed by atoms with E-state index in [1.165, 1.54) is 0 Å². The number of para-hydroxylation sites is 1. The fourth-order valence-electron chi connectivity index (χ4n) is 2.76. The van der Waals surface area contributed by atoms with E-state index in [1.807, 2.05) is 4.90 Å². The molecule has 1 fully saturated rings. The van der Waals surface area contributed by atoms with Crippen molar-refractivity contribution in [3.8, 4) is 5.75 Å². The van der Waals surface area contributed by atoms with Gasteiger partial charge < -0.3 is 14.7 Å². The molecule has 1 heterocycles. The number of nitro groups is 1. The Morgan fingerprint density at radius 1 is 1.57 bits per heavy atom. The summed E-state index contributed by atoms with van der Waals surface area (Å²) in [7, 11) is 0. The molecular weight excluding hydrogens is 276 g/mol. The lowest BCUT2D eigenvalue weighted by Crippen LogP contribution is -2.31. The van der Waals surface area contributed by atoms with E-state index in [4.69, 9.17) is 9.84 Å². The molecule has 1 N–H and O–H groups in total. The van der Waals surface area contributed by atoms with Gasteiger partial charge in [0.15, 0.2) is 5.75 Å². The van der Waals surface area contributed by atoms with Crippen molar-refractivity contribution in [1.29, 1.82) is 0 Å². The summed E-state index contributed by atoms with van der Waals surface area (Å²) < 4.78 is 5.33. The zero-order chi connectivity index (χ0) is 15.4. The summed E-state index contributed by atoms with van der Waals surface area (Å²) in [5.74, 6) is -0.670. The number of carboxylic acids is 1. The van der Waals surface area contributed by atoms with Gasteiger partial charge in [-0.15, -0.1) is 0 Å². The maximum Gasteiger partial charge on any atom is 0.333 e. The molecule has 7 heteroatoms. The number of carboxylic acid groups (broad SMARTS) is 1. The Bertz CT molecular complexity index is 546. The molecule has 1 aromatic rings. The van der Waals surface area contributed by atoms with Crippen molar-refractivity contribution in [3.05, 3.63) is 28.3 Å². The average molecular weight is 294 g/mol. The monoisotopic (exact) mass is 294 g/mol. The van der Waals surface area contributed by atoms with Crippen molar-refractivity contribution in [2.24, 2.45) is 0 Å². The van der Waals surface area contributed by atoms with E-state index in [9.17, 15) is 14.9 Å². The molecule has 0 spiro atoms. The third kappa shape index (κ3) is 3.24. The molecule has 114 valence electrons. The Labute approximate surface area is 122 Å². The molecule has 21 heavy (non-hydrogen) atoms. The van der Waals surface area contributed by atoms with Gasteiger partial charge in [-0.3, -0.25) is 14.9 Å². The smallest absolute Gasteiger partial charge is 0.333 e. The van der Waals surface area contributed by atoms with Crippen LogP contribution in [0.15, 0.2) is 18.2 Å². The summed E-state index contributed by atoms with van der Waals surface area (Å²) in [6.07, 6.45) is 1.53. The van der Waals surface area contributed by atoms with Gasteiger partial charge >= 0.3 is 11.7 Å². The Morgan fingerprint density at radius 2 is 2.33 bits per heavy atom. The van der Waals surface area contributed by atoms with E-state index < -0.39 is 10.9 Å². The molecule has 1 atom stereocenters. The van der Waals surface area contributed by atoms with Crippen LogP contribution in [0, 0.1) is 10.1 Å². The summed E-state index contributed by atoms with van der Waals surface area (Å²) in [5.41, 5.74) is 0.353. The normalized spacial score (nSPS) is 17.8. The van der Waals surface area contributed by atoms with Crippen molar-refractivity contribution in [2.45, 2.75) is 32.2 Å². The van der Waals surface area contributed by atoms with Crippen molar-refractivity contribution in [2.75, 3.05) is 18.1 Å². The standard InChI is InChI=1S/C14H18N2O5/c1-2-21-12-7-3-6-11(14(12)16(19)20)15-8-4-5-10(15)9-13(17)18/h3,6-7,10H,2,4-5,8-9H2,1H3,(H,17,18). The molecule has 0 radical (unpaired) electrons. The SMILES string of the molecule is CCOc1cccc(N2CCCC2CC(=O)O)c1[N+](=O)[O-]. The van der Waals surface area contributed by atoms with Gasteiger partial charge in [0.2, 0.25) is 0 Å². The molecule has 1 unspecified atom stereocenters. The molecule has 7 nitrogen and oxygen atoms in total. The number of hydrogen-bond acceptors (Lipinski definition) is 5. The number of hydrogen-bond donors (Lipinski definition) is 1. The van der Waals surface area contributed by atoms with Crippen LogP contribution in [0.2, 0.25) is 0 Å². The highest BCUT2D eigenvalue weighted by molar-refractivity contribution is 5.73. The summed E-state index contributed by atoms with van der Waals surface area (Å²) in [4.78, 5) is 23.7. The minimum absolute atomic E-state index is 0.0178. The number of anilines is 1. The first-order chi connectivity index (χ1) is 10.0. The van der Waals surface area contributed by atoms with Crippen LogP contribution in [-0.4, -0.2) is 35.2 Å². The summed E-state index contributed by atoms with van der Waals surface area (Å²) in [5, 5.41) is 20.4. The first kappa shape index (κ1) is 15.1. The maximum absolute atomic E-state index is 11.4. The minimum atomic E-state index is -0.893. The third-order valence-corrected chi connectivity index (χ3v) is 3.56. The lowest BCUT2D eigenvalue weighted by atomic mass is 10.1. The van der Waals surface area contributed by atoms with E-state index in [0.29, 0.717) is 18.8 Å². The first-order valence-electron chi connectivity index (χ1n) is 6.93. The van der Waals surface area contributed by atoms with Crippen molar-refractivity contribution >= 4 is 17.3 Å². The lowest BCUT2D eigenvalue weighted by Gasteiger charge is -2.25. The van der Waals surface area contributed by atoms with Crippen molar-refractivity contribution in [1.82, 2.24) is 0 Å². The van der Waals surface area contributed by atoms with Crippen LogP contribution in [0.5, 0.6) is 5.75 Å². The predicted octanol–water partition coefficient (Wildman–Crippen LogP) is 2.44. The van der Waals surface area contributed by atoms with Gasteiger partial charge in [0.05, 0.1) is 18.0 Å². The van der Waals surface area contributed by atoms with Crippen LogP contribution < -0.4 is 9.64 Å². The van der Waals surface area contributed by atoms with Crippen LogP contribution in [-0.2, 0) is 4.79 Å². The van der Waals surface area contributed by atoms with E-state index in [2.05, 4.69) is 0 Å². The summed E-state index contributed by atoms with van der Waals surface area (Å²) >= 11 is 0. The molecule has 1 aliphatic rings. The highest BCUT2D eigenvalue weighted by Gasteiger charge is 2.33. The molecule has 1 aliphatic heterocycles. The highest BCUT2D eigenvalue weighted by Crippen LogP contribution is 2.40. The lowest BCUT2D eigenvalue weighted by molar-refractivity contribution is -0.385. The number of carbonyl (C=O) groups is 1. The number of benzene rings is 1. The number of nitro benzene ring substituents is 1. The minimum Gasteiger partial charge on any atom is -0.487 e. The second kappa shape index (κ2) is 6.43. The molecule has 0 amide bonds. The van der Waals surface area contributed by atoms with Crippen LogP contribution in [0.25, 0.3) is 0 Å². The van der Waals surface area contributed by atoms with Gasteiger partial charge in [-0.05, 0) is 31.9 Å². The van der Waals surface area contributed by atoms with Crippen molar-refractivity contribution in [3.63, 3.8) is 0 Å². The molecular formula is C14H18N2O5. The van der Waals surface area contributed by atoms with Gasteiger partial charge in [0.25, 0.3) is 0 Å². The summed E-state index contributed by atoms with van der Waals surface area (Å²) in [6, 6.07) is 4.70. The topological polar surface area (TPSA) is 92.9 Å². The Balaban J connectivity index is 2.40. The van der Waals surface area contributed by atoms with Crippen LogP contribution in [0.1, 0.15) is 26.2 Å². The zero-order valence-corrected chi connectivity index (χ0v) is 11.8. The summed E-state index contributed by atoms with van der Waals surface area (Å²) in [6.45, 7) is 2.72. The Kier molecular flexibility index (Phi) is 4.62. The van der Waals surface area contributed by atoms with Gasteiger partial charge in [0.1, 0.15) is 5.69 Å². The Hall–Kier alpha value is -2.31. The molecule has 0 aliphatic carbocycles. The van der Waals surface area contributed by atoms with E-state index in [1.54, 1.807) is 25.1 Å². The van der Waals surface area contributed by atoms with Crippen LogP contribution in [0.3, 0.4) is 0 Å². The molecule has 1 saturated heterocycles. The number of nitrogens with zero attached hydrogens (tertiary/aromatic N) is 2. The fraction of sp³-hybridized carbons (Fsp3) is 0.500. The third-order valence-electron chi connectivity index (χ3n) is 3.56. The van der Waals surface area contributed by atoms with Gasteiger partial charge in [-0.1, -0.05) is 6.07 Å². The number of rotatable bonds is 6. The quantitative estimate of drug-likeness (QED) is 0.640. The number of aliphatic carboxylic acids is 1. The van der Waals surface area contributed by atoms with Gasteiger partial charge in [-0.25, -0.2) is 0 Å². The molecule has 0 saturated carbocycles. The van der Waals surface area contributed by atoms with Gasteiger partial charge in [-0.2, -0.15) is 0 Å². The largest absolute Gasteiger partial charge is 0.487 e. The second-order valence-electron chi connectivity index (χ2n) is 4.90. The molecule has 2 rings (SSSR count). The van der Waals surface area contributed by atoms with E-state index >= 15 is 0 Å². The van der Waals surface area contributed by atoms with E-state index in [0.717, 1.165) is 12.8 Å². The fourth-order valence-corrected chi connectivity index (χ4v) is 2.76. The molecule has 0 aromatic heterocycles. The predicted molar refractivity (Wildman–Crippen MR) is 76.9 cm³/mol. The van der Waals surface area contributed by atoms with Crippen LogP contribution in [0.4, 0.5) is 11.4 Å². The van der Waals surface area contributed by atoms with Crippen LogP contribution >= 0.6 is 0 Å². The Morgan fingerprint density at radius 3 is 2.95 bits per heavy atom. The van der Waals surface area contributed by atoms with Gasteiger partial charge in [0, 0.05) is 12.6 Å². The van der Waals surface area contributed by atoms with Crippen molar-refractivity contribution < 1.29 is 19.6 Å². The second-order valence-corrected chi connectivity index (χ2v) is 4.90. The zero-order valence-electron chi connectivity index (χ0n) is 11.8. The number of ether oxygens (including phenoxy) is 1. The first-order valence-corrected chi connectivity index (χ1v) is 6.93. The van der Waals surface area contributed by atoms with E-state index in [-0.39, 0.29) is 23.9 Å². The average Bonchev–Trinajstić information content (AvgIpc) is 2.85. The highest BCUT2D eigenvalue weighted by atomic mass is 16.6. The molecule has 1 aromatic carbocycles. The maximum atomic E-state index is 11.4.